The lowest BCUT2D eigenvalue weighted by Gasteiger charge is -2.15. The largest absolute Gasteiger partial charge is 0.348 e. The van der Waals surface area contributed by atoms with Crippen molar-refractivity contribution in [2.24, 2.45) is 5.73 Å². The Bertz CT molecular complexity index is 810. The summed E-state index contributed by atoms with van der Waals surface area (Å²) in [5, 5.41) is 2.86. The van der Waals surface area contributed by atoms with E-state index in [4.69, 9.17) is 5.73 Å². The van der Waals surface area contributed by atoms with Crippen molar-refractivity contribution in [3.05, 3.63) is 53.9 Å². The fourth-order valence-corrected chi connectivity index (χ4v) is 3.66. The minimum atomic E-state index is -3.70. The first-order valence-corrected chi connectivity index (χ1v) is 9.83. The van der Waals surface area contributed by atoms with Crippen molar-refractivity contribution in [1.29, 1.82) is 0 Å². The van der Waals surface area contributed by atoms with Gasteiger partial charge in [-0.05, 0) is 31.5 Å². The van der Waals surface area contributed by atoms with Gasteiger partial charge in [0.15, 0.2) is 0 Å². The summed E-state index contributed by atoms with van der Waals surface area (Å²) in [5.74, 6) is -0.315. The van der Waals surface area contributed by atoms with Gasteiger partial charge in [-0.3, -0.25) is 4.79 Å². The normalized spacial score (nSPS) is 12.8. The zero-order valence-corrected chi connectivity index (χ0v) is 15.4. The van der Waals surface area contributed by atoms with Crippen LogP contribution < -0.4 is 11.1 Å². The first-order chi connectivity index (χ1) is 11.9. The molecule has 0 aliphatic carbocycles. The van der Waals surface area contributed by atoms with Gasteiger partial charge in [0.05, 0.1) is 10.5 Å². The van der Waals surface area contributed by atoms with Crippen molar-refractivity contribution in [3.63, 3.8) is 0 Å². The summed E-state index contributed by atoms with van der Waals surface area (Å²) in [7, 11) is -3.70. The second-order valence-corrected chi connectivity index (χ2v) is 7.94. The molecule has 0 aliphatic heterocycles. The molecule has 0 fully saturated rings. The summed E-state index contributed by atoms with van der Waals surface area (Å²) in [6.45, 7) is 4.32. The zero-order chi connectivity index (χ0) is 18.4. The fourth-order valence-electron chi connectivity index (χ4n) is 2.46. The third-order valence-corrected chi connectivity index (χ3v) is 5.70. The van der Waals surface area contributed by atoms with E-state index in [-0.39, 0.29) is 16.8 Å². The highest BCUT2D eigenvalue weighted by molar-refractivity contribution is 7.90. The molecule has 0 radical (unpaired) electrons. The molecule has 0 spiro atoms. The average molecular weight is 363 g/mol. The second-order valence-electron chi connectivity index (χ2n) is 6.10. The number of nitrogens with zero attached hydrogens (tertiary/aromatic N) is 1. The molecule has 2 aromatic rings. The predicted molar refractivity (Wildman–Crippen MR) is 98.0 cm³/mol. The number of nitrogens with one attached hydrogen (secondary N) is 1. The maximum absolute atomic E-state index is 12.6. The van der Waals surface area contributed by atoms with Gasteiger partial charge >= 0.3 is 0 Å². The van der Waals surface area contributed by atoms with Crippen LogP contribution in [0.5, 0.6) is 0 Å². The molecule has 0 saturated heterocycles. The van der Waals surface area contributed by atoms with Crippen LogP contribution in [0, 0.1) is 6.92 Å². The molecule has 0 bridgehead atoms. The summed E-state index contributed by atoms with van der Waals surface area (Å²) in [6.07, 6.45) is 5.52. The number of unbranched alkanes of at least 4 members (excludes halogenated alkanes) is 1. The Labute approximate surface area is 149 Å². The maximum Gasteiger partial charge on any atom is 0.267 e. The molecule has 1 unspecified atom stereocenters. The molecule has 1 heterocycles. The number of aryl methyl sites for hydroxylation is 1. The van der Waals surface area contributed by atoms with E-state index in [0.29, 0.717) is 12.1 Å². The lowest BCUT2D eigenvalue weighted by molar-refractivity contribution is 0.0936. The van der Waals surface area contributed by atoms with Gasteiger partial charge in [0.25, 0.3) is 15.9 Å². The van der Waals surface area contributed by atoms with E-state index in [9.17, 15) is 13.2 Å². The van der Waals surface area contributed by atoms with Gasteiger partial charge in [-0.2, -0.15) is 0 Å². The van der Waals surface area contributed by atoms with E-state index < -0.39 is 10.0 Å². The molecule has 1 atom stereocenters. The SMILES string of the molecule is CCCCC(CN)NC(=O)c1ccn(S(=O)(=O)c2ccc(C)cc2)c1. The Balaban J connectivity index is 2.15. The van der Waals surface area contributed by atoms with Crippen molar-refractivity contribution in [2.45, 2.75) is 44.0 Å². The van der Waals surface area contributed by atoms with E-state index in [2.05, 4.69) is 12.2 Å². The van der Waals surface area contributed by atoms with E-state index in [1.165, 1.54) is 18.5 Å². The number of carbonyl (C=O) groups is 1. The van der Waals surface area contributed by atoms with Crippen molar-refractivity contribution in [3.8, 4) is 0 Å². The third-order valence-electron chi connectivity index (χ3n) is 4.05. The van der Waals surface area contributed by atoms with Crippen LogP contribution in [0.3, 0.4) is 0 Å². The molecule has 25 heavy (non-hydrogen) atoms. The standard InChI is InChI=1S/C18H25N3O3S/c1-3-4-5-16(12-19)20-18(22)15-10-11-21(13-15)25(23,24)17-8-6-14(2)7-9-17/h6-11,13,16H,3-5,12,19H2,1-2H3,(H,20,22). The number of nitrogens with two attached hydrogens (primary N) is 1. The Morgan fingerprint density at radius 1 is 1.24 bits per heavy atom. The summed E-state index contributed by atoms with van der Waals surface area (Å²) >= 11 is 0. The maximum atomic E-state index is 12.6. The predicted octanol–water partition coefficient (Wildman–Crippen LogP) is 2.28. The van der Waals surface area contributed by atoms with Crippen LogP contribution in [0.25, 0.3) is 0 Å². The third kappa shape index (κ3) is 4.70. The highest BCUT2D eigenvalue weighted by Gasteiger charge is 2.19. The number of carbonyl (C=O) groups excluding carboxylic acids is 1. The number of amides is 1. The van der Waals surface area contributed by atoms with Gasteiger partial charge in [-0.15, -0.1) is 0 Å². The summed E-state index contributed by atoms with van der Waals surface area (Å²) in [4.78, 5) is 12.5. The van der Waals surface area contributed by atoms with Gasteiger partial charge < -0.3 is 11.1 Å². The average Bonchev–Trinajstić information content (AvgIpc) is 3.10. The molecule has 1 aromatic heterocycles. The fraction of sp³-hybridized carbons (Fsp3) is 0.389. The molecule has 0 saturated carbocycles. The van der Waals surface area contributed by atoms with Gasteiger partial charge in [-0.1, -0.05) is 37.5 Å². The smallest absolute Gasteiger partial charge is 0.267 e. The molecule has 3 N–H and O–H groups in total. The van der Waals surface area contributed by atoms with E-state index in [1.807, 2.05) is 6.92 Å². The molecule has 0 aliphatic rings. The Kier molecular flexibility index (Phi) is 6.39. The minimum Gasteiger partial charge on any atom is -0.348 e. The molecule has 7 heteroatoms. The van der Waals surface area contributed by atoms with Gasteiger partial charge in [-0.25, -0.2) is 12.4 Å². The van der Waals surface area contributed by atoms with Gasteiger partial charge in [0, 0.05) is 25.0 Å². The molecular formula is C18H25N3O3S. The Hall–Kier alpha value is -2.12. The summed E-state index contributed by atoms with van der Waals surface area (Å²) < 4.78 is 26.3. The van der Waals surface area contributed by atoms with E-state index >= 15 is 0 Å². The van der Waals surface area contributed by atoms with Gasteiger partial charge in [0.1, 0.15) is 0 Å². The number of hydrogen-bond donors (Lipinski definition) is 2. The molecule has 1 aromatic carbocycles. The highest BCUT2D eigenvalue weighted by Crippen LogP contribution is 2.16. The van der Waals surface area contributed by atoms with Crippen molar-refractivity contribution < 1.29 is 13.2 Å². The Morgan fingerprint density at radius 2 is 1.92 bits per heavy atom. The first kappa shape index (κ1) is 19.2. The summed E-state index contributed by atoms with van der Waals surface area (Å²) in [6, 6.07) is 7.98. The van der Waals surface area contributed by atoms with Gasteiger partial charge in [0.2, 0.25) is 0 Å². The number of aromatic nitrogens is 1. The number of benzene rings is 1. The first-order valence-electron chi connectivity index (χ1n) is 8.39. The highest BCUT2D eigenvalue weighted by atomic mass is 32.2. The molecule has 136 valence electrons. The van der Waals surface area contributed by atoms with Crippen LogP contribution in [0.15, 0.2) is 47.6 Å². The quantitative estimate of drug-likeness (QED) is 0.752. The van der Waals surface area contributed by atoms with Crippen molar-refractivity contribution in [1.82, 2.24) is 9.29 Å². The van der Waals surface area contributed by atoms with E-state index in [0.717, 1.165) is 28.8 Å². The molecular weight excluding hydrogens is 338 g/mol. The Morgan fingerprint density at radius 3 is 2.52 bits per heavy atom. The minimum absolute atomic E-state index is 0.107. The van der Waals surface area contributed by atoms with Crippen LogP contribution in [-0.4, -0.2) is 30.9 Å². The van der Waals surface area contributed by atoms with E-state index in [1.54, 1.807) is 24.3 Å². The topological polar surface area (TPSA) is 94.2 Å². The van der Waals surface area contributed by atoms with Crippen LogP contribution in [-0.2, 0) is 10.0 Å². The van der Waals surface area contributed by atoms with Crippen LogP contribution in [0.2, 0.25) is 0 Å². The number of rotatable bonds is 8. The molecule has 6 nitrogen and oxygen atoms in total. The zero-order valence-electron chi connectivity index (χ0n) is 14.6. The second kappa shape index (κ2) is 8.31. The number of hydrogen-bond acceptors (Lipinski definition) is 4. The van der Waals surface area contributed by atoms with Crippen LogP contribution >= 0.6 is 0 Å². The lowest BCUT2D eigenvalue weighted by atomic mass is 10.1. The lowest BCUT2D eigenvalue weighted by Crippen LogP contribution is -2.40. The van der Waals surface area contributed by atoms with Crippen molar-refractivity contribution in [2.75, 3.05) is 6.54 Å². The van der Waals surface area contributed by atoms with Crippen LogP contribution in [0.1, 0.15) is 42.1 Å². The monoisotopic (exact) mass is 363 g/mol. The summed E-state index contributed by atoms with van der Waals surface area (Å²) in [5.41, 5.74) is 6.96. The molecule has 1 amide bonds. The van der Waals surface area contributed by atoms with Crippen molar-refractivity contribution >= 4 is 15.9 Å². The molecule has 2 rings (SSSR count). The van der Waals surface area contributed by atoms with Crippen LogP contribution in [0.4, 0.5) is 0 Å².